The van der Waals surface area contributed by atoms with Gasteiger partial charge in [0.05, 0.1) is 12.7 Å². The van der Waals surface area contributed by atoms with Crippen molar-refractivity contribution in [2.75, 3.05) is 18.5 Å². The van der Waals surface area contributed by atoms with Gasteiger partial charge < -0.3 is 10.1 Å². The highest BCUT2D eigenvalue weighted by Gasteiger charge is 1.95. The lowest BCUT2D eigenvalue weighted by Gasteiger charge is -2.06. The molecule has 1 heterocycles. The van der Waals surface area contributed by atoms with Crippen molar-refractivity contribution in [3.63, 3.8) is 0 Å². The molecular formula is C7H13N3OS. The highest BCUT2D eigenvalue weighted by atomic mass is 32.1. The Labute approximate surface area is 76.0 Å². The zero-order valence-electron chi connectivity index (χ0n) is 7.28. The lowest BCUT2D eigenvalue weighted by Crippen LogP contribution is -2.12. The molecular weight excluding hydrogens is 174 g/mol. The smallest absolute Gasteiger partial charge is 0.205 e. The lowest BCUT2D eigenvalue weighted by atomic mass is 10.5. The van der Waals surface area contributed by atoms with Crippen LogP contribution in [0.3, 0.4) is 0 Å². The fourth-order valence-electron chi connectivity index (χ4n) is 0.703. The summed E-state index contributed by atoms with van der Waals surface area (Å²) in [6.07, 6.45) is 0.293. The van der Waals surface area contributed by atoms with Crippen LogP contribution in [0.5, 0.6) is 0 Å². The lowest BCUT2D eigenvalue weighted by molar-refractivity contribution is 0.0870. The van der Waals surface area contributed by atoms with E-state index < -0.39 is 0 Å². The van der Waals surface area contributed by atoms with Crippen molar-refractivity contribution in [2.45, 2.75) is 20.0 Å². The third-order valence-electron chi connectivity index (χ3n) is 1.19. The summed E-state index contributed by atoms with van der Waals surface area (Å²) in [6, 6.07) is 0. The summed E-state index contributed by atoms with van der Waals surface area (Å²) in [5, 5.41) is 11.5. The summed E-state index contributed by atoms with van der Waals surface area (Å²) < 4.78 is 5.33. The molecule has 4 nitrogen and oxygen atoms in total. The number of ether oxygens (including phenoxy) is 1. The van der Waals surface area contributed by atoms with Crippen molar-refractivity contribution >= 4 is 16.5 Å². The molecule has 0 saturated carbocycles. The molecule has 0 spiro atoms. The molecule has 0 saturated heterocycles. The molecule has 0 aliphatic carbocycles. The van der Waals surface area contributed by atoms with Gasteiger partial charge in [-0.3, -0.25) is 0 Å². The van der Waals surface area contributed by atoms with E-state index in [0.717, 1.165) is 11.7 Å². The van der Waals surface area contributed by atoms with E-state index in [1.54, 1.807) is 5.51 Å². The van der Waals surface area contributed by atoms with E-state index in [1.165, 1.54) is 11.3 Å². The molecule has 1 aromatic heterocycles. The van der Waals surface area contributed by atoms with E-state index in [9.17, 15) is 0 Å². The first-order chi connectivity index (χ1) is 5.79. The van der Waals surface area contributed by atoms with Crippen LogP contribution in [0.2, 0.25) is 0 Å². The Morgan fingerprint density at radius 1 is 1.67 bits per heavy atom. The van der Waals surface area contributed by atoms with Gasteiger partial charge in [-0.05, 0) is 13.8 Å². The molecule has 0 amide bonds. The quantitative estimate of drug-likeness (QED) is 0.707. The van der Waals surface area contributed by atoms with Crippen molar-refractivity contribution in [3.8, 4) is 0 Å². The van der Waals surface area contributed by atoms with E-state index in [2.05, 4.69) is 15.5 Å². The standard InChI is InChI=1S/C7H13N3OS/c1-6(2)11-4-3-8-7-10-9-5-12-7/h5-6H,3-4H2,1-2H3,(H,8,10). The van der Waals surface area contributed by atoms with E-state index in [0.29, 0.717) is 12.7 Å². The Balaban J connectivity index is 2.04. The monoisotopic (exact) mass is 187 g/mol. The summed E-state index contributed by atoms with van der Waals surface area (Å²) >= 11 is 1.49. The molecule has 68 valence electrons. The Hall–Kier alpha value is -0.680. The molecule has 0 fully saturated rings. The number of hydrogen-bond donors (Lipinski definition) is 1. The van der Waals surface area contributed by atoms with Crippen LogP contribution in [0.25, 0.3) is 0 Å². The Morgan fingerprint density at radius 2 is 2.50 bits per heavy atom. The highest BCUT2D eigenvalue weighted by molar-refractivity contribution is 7.13. The molecule has 0 aliphatic rings. The maximum atomic E-state index is 5.33. The maximum absolute atomic E-state index is 5.33. The van der Waals surface area contributed by atoms with Gasteiger partial charge in [-0.1, -0.05) is 11.3 Å². The third-order valence-corrected chi connectivity index (χ3v) is 1.84. The van der Waals surface area contributed by atoms with Crippen molar-refractivity contribution in [1.29, 1.82) is 0 Å². The predicted molar refractivity (Wildman–Crippen MR) is 49.5 cm³/mol. The first kappa shape index (κ1) is 9.41. The fourth-order valence-corrected chi connectivity index (χ4v) is 1.18. The second-order valence-electron chi connectivity index (χ2n) is 2.59. The highest BCUT2D eigenvalue weighted by Crippen LogP contribution is 2.06. The number of hydrogen-bond acceptors (Lipinski definition) is 5. The first-order valence-electron chi connectivity index (χ1n) is 3.90. The topological polar surface area (TPSA) is 47.0 Å². The Bertz CT molecular complexity index is 200. The maximum Gasteiger partial charge on any atom is 0.205 e. The van der Waals surface area contributed by atoms with Gasteiger partial charge in [-0.15, -0.1) is 10.2 Å². The third kappa shape index (κ3) is 3.64. The summed E-state index contributed by atoms with van der Waals surface area (Å²) in [5.41, 5.74) is 1.70. The molecule has 0 unspecified atom stereocenters. The molecule has 0 atom stereocenters. The van der Waals surface area contributed by atoms with Crippen LogP contribution in [0.15, 0.2) is 5.51 Å². The largest absolute Gasteiger partial charge is 0.377 e. The van der Waals surface area contributed by atoms with Crippen molar-refractivity contribution < 1.29 is 4.74 Å². The van der Waals surface area contributed by atoms with Gasteiger partial charge in [0.2, 0.25) is 5.13 Å². The molecule has 0 radical (unpaired) electrons. The van der Waals surface area contributed by atoms with Gasteiger partial charge >= 0.3 is 0 Å². The molecule has 0 aliphatic heterocycles. The summed E-state index contributed by atoms with van der Waals surface area (Å²) in [5.74, 6) is 0. The van der Waals surface area contributed by atoms with Crippen LogP contribution in [0, 0.1) is 0 Å². The van der Waals surface area contributed by atoms with Gasteiger partial charge in [0.25, 0.3) is 0 Å². The van der Waals surface area contributed by atoms with Crippen LogP contribution in [-0.2, 0) is 4.74 Å². The fraction of sp³-hybridized carbons (Fsp3) is 0.714. The van der Waals surface area contributed by atoms with Crippen LogP contribution in [0.4, 0.5) is 5.13 Å². The zero-order chi connectivity index (χ0) is 8.81. The van der Waals surface area contributed by atoms with Crippen LogP contribution in [-0.4, -0.2) is 29.5 Å². The molecule has 0 bridgehead atoms. The number of nitrogens with zero attached hydrogens (tertiary/aromatic N) is 2. The number of aromatic nitrogens is 2. The van der Waals surface area contributed by atoms with Crippen molar-refractivity contribution in [1.82, 2.24) is 10.2 Å². The van der Waals surface area contributed by atoms with Crippen LogP contribution >= 0.6 is 11.3 Å². The van der Waals surface area contributed by atoms with Crippen molar-refractivity contribution in [2.24, 2.45) is 0 Å². The molecule has 1 rings (SSSR count). The summed E-state index contributed by atoms with van der Waals surface area (Å²) in [4.78, 5) is 0. The first-order valence-corrected chi connectivity index (χ1v) is 4.78. The number of nitrogens with one attached hydrogen (secondary N) is 1. The SMILES string of the molecule is CC(C)OCCNc1nncs1. The zero-order valence-corrected chi connectivity index (χ0v) is 8.10. The van der Waals surface area contributed by atoms with Gasteiger partial charge in [0, 0.05) is 6.54 Å². The summed E-state index contributed by atoms with van der Waals surface area (Å²) in [6.45, 7) is 5.53. The minimum absolute atomic E-state index is 0.293. The van der Waals surface area contributed by atoms with E-state index in [1.807, 2.05) is 13.8 Å². The van der Waals surface area contributed by atoms with Gasteiger partial charge in [0.1, 0.15) is 5.51 Å². The predicted octanol–water partition coefficient (Wildman–Crippen LogP) is 1.37. The molecule has 0 aromatic carbocycles. The molecule has 5 heteroatoms. The Morgan fingerprint density at radius 3 is 3.08 bits per heavy atom. The van der Waals surface area contributed by atoms with E-state index in [4.69, 9.17) is 4.74 Å². The van der Waals surface area contributed by atoms with Gasteiger partial charge in [-0.2, -0.15) is 0 Å². The molecule has 1 aromatic rings. The minimum atomic E-state index is 0.293. The van der Waals surface area contributed by atoms with Crippen LogP contribution in [0.1, 0.15) is 13.8 Å². The summed E-state index contributed by atoms with van der Waals surface area (Å²) in [7, 11) is 0. The van der Waals surface area contributed by atoms with Crippen molar-refractivity contribution in [3.05, 3.63) is 5.51 Å². The molecule has 12 heavy (non-hydrogen) atoms. The number of rotatable bonds is 5. The van der Waals surface area contributed by atoms with E-state index in [-0.39, 0.29) is 0 Å². The average molecular weight is 187 g/mol. The normalized spacial score (nSPS) is 10.6. The average Bonchev–Trinajstić information content (AvgIpc) is 2.49. The van der Waals surface area contributed by atoms with Gasteiger partial charge in [0.15, 0.2) is 0 Å². The Kier molecular flexibility index (Phi) is 3.96. The number of anilines is 1. The van der Waals surface area contributed by atoms with Crippen LogP contribution < -0.4 is 5.32 Å². The van der Waals surface area contributed by atoms with E-state index >= 15 is 0 Å². The molecule has 1 N–H and O–H groups in total. The van der Waals surface area contributed by atoms with Gasteiger partial charge in [-0.25, -0.2) is 0 Å². The second-order valence-corrected chi connectivity index (χ2v) is 3.42. The minimum Gasteiger partial charge on any atom is -0.377 e. The second kappa shape index (κ2) is 5.05.